The lowest BCUT2D eigenvalue weighted by Crippen LogP contribution is -2.26. The van der Waals surface area contributed by atoms with Crippen LogP contribution in [0.3, 0.4) is 0 Å². The number of para-hydroxylation sites is 1. The van der Waals surface area contributed by atoms with Crippen molar-refractivity contribution in [3.8, 4) is 0 Å². The van der Waals surface area contributed by atoms with Gasteiger partial charge in [-0.15, -0.1) is 0 Å². The molecule has 3 heteroatoms. The van der Waals surface area contributed by atoms with Crippen molar-refractivity contribution >= 4 is 11.6 Å². The van der Waals surface area contributed by atoms with E-state index in [9.17, 15) is 4.79 Å². The lowest BCUT2D eigenvalue weighted by molar-refractivity contribution is 0.0952. The maximum absolute atomic E-state index is 12.1. The molecule has 1 fully saturated rings. The van der Waals surface area contributed by atoms with Crippen molar-refractivity contribution in [2.24, 2.45) is 11.8 Å². The lowest BCUT2D eigenvalue weighted by Gasteiger charge is -2.11. The highest BCUT2D eigenvalue weighted by Gasteiger charge is 2.32. The quantitative estimate of drug-likeness (QED) is 0.810. The maximum atomic E-state index is 12.1. The first kappa shape index (κ1) is 12.9. The SMILES string of the molecule is CCCNc1ccccc1C(=O)NCC1CC1C. The molecule has 0 spiro atoms. The van der Waals surface area contributed by atoms with Crippen LogP contribution in [0, 0.1) is 11.8 Å². The lowest BCUT2D eigenvalue weighted by atomic mass is 10.1. The minimum Gasteiger partial charge on any atom is -0.384 e. The highest BCUT2D eigenvalue weighted by atomic mass is 16.1. The molecule has 1 aromatic rings. The molecule has 2 unspecified atom stereocenters. The summed E-state index contributed by atoms with van der Waals surface area (Å²) in [6.45, 7) is 6.05. The van der Waals surface area contributed by atoms with E-state index in [0.717, 1.165) is 36.7 Å². The van der Waals surface area contributed by atoms with Crippen LogP contribution < -0.4 is 10.6 Å². The Morgan fingerprint density at radius 1 is 1.39 bits per heavy atom. The Morgan fingerprint density at radius 3 is 2.78 bits per heavy atom. The largest absolute Gasteiger partial charge is 0.384 e. The van der Waals surface area contributed by atoms with Crippen molar-refractivity contribution in [2.45, 2.75) is 26.7 Å². The fraction of sp³-hybridized carbons (Fsp3) is 0.533. The second kappa shape index (κ2) is 5.89. The summed E-state index contributed by atoms with van der Waals surface area (Å²) in [5.41, 5.74) is 1.68. The number of anilines is 1. The number of benzene rings is 1. The molecule has 0 heterocycles. The van der Waals surface area contributed by atoms with Crippen molar-refractivity contribution in [3.05, 3.63) is 29.8 Å². The Bertz CT molecular complexity index is 417. The van der Waals surface area contributed by atoms with Gasteiger partial charge in [0.25, 0.3) is 5.91 Å². The molecule has 0 radical (unpaired) electrons. The molecule has 1 aliphatic rings. The number of amides is 1. The molecule has 1 aliphatic carbocycles. The molecule has 18 heavy (non-hydrogen) atoms. The number of rotatable bonds is 6. The van der Waals surface area contributed by atoms with E-state index in [4.69, 9.17) is 0 Å². The molecule has 1 saturated carbocycles. The van der Waals surface area contributed by atoms with Gasteiger partial charge in [0.2, 0.25) is 0 Å². The monoisotopic (exact) mass is 246 g/mol. The summed E-state index contributed by atoms with van der Waals surface area (Å²) in [6, 6.07) is 7.71. The predicted octanol–water partition coefficient (Wildman–Crippen LogP) is 2.89. The van der Waals surface area contributed by atoms with Gasteiger partial charge in [0, 0.05) is 18.8 Å². The molecular formula is C15H22N2O. The number of hydrogen-bond donors (Lipinski definition) is 2. The number of nitrogens with one attached hydrogen (secondary N) is 2. The molecule has 3 nitrogen and oxygen atoms in total. The molecule has 2 rings (SSSR count). The predicted molar refractivity (Wildman–Crippen MR) is 74.8 cm³/mol. The van der Waals surface area contributed by atoms with Gasteiger partial charge < -0.3 is 10.6 Å². The zero-order valence-electron chi connectivity index (χ0n) is 11.2. The summed E-state index contributed by atoms with van der Waals surface area (Å²) >= 11 is 0. The Kier molecular flexibility index (Phi) is 4.24. The van der Waals surface area contributed by atoms with Gasteiger partial charge in [-0.05, 0) is 36.8 Å². The van der Waals surface area contributed by atoms with Crippen molar-refractivity contribution in [2.75, 3.05) is 18.4 Å². The third kappa shape index (κ3) is 3.25. The third-order valence-electron chi connectivity index (χ3n) is 3.54. The fourth-order valence-corrected chi connectivity index (χ4v) is 2.10. The van der Waals surface area contributed by atoms with Gasteiger partial charge in [-0.3, -0.25) is 4.79 Å². The molecule has 0 saturated heterocycles. The first-order valence-electron chi connectivity index (χ1n) is 6.83. The standard InChI is InChI=1S/C15H22N2O/c1-3-8-16-14-7-5-4-6-13(14)15(18)17-10-12-9-11(12)2/h4-7,11-12,16H,3,8-10H2,1-2H3,(H,17,18). The van der Waals surface area contributed by atoms with Crippen molar-refractivity contribution in [3.63, 3.8) is 0 Å². The van der Waals surface area contributed by atoms with Crippen LogP contribution in [-0.2, 0) is 0 Å². The van der Waals surface area contributed by atoms with Crippen LogP contribution in [-0.4, -0.2) is 19.0 Å². The van der Waals surface area contributed by atoms with Gasteiger partial charge >= 0.3 is 0 Å². The van der Waals surface area contributed by atoms with Crippen LogP contribution in [0.5, 0.6) is 0 Å². The van der Waals surface area contributed by atoms with Crippen LogP contribution >= 0.6 is 0 Å². The third-order valence-corrected chi connectivity index (χ3v) is 3.54. The average molecular weight is 246 g/mol. The molecule has 0 aromatic heterocycles. The van der Waals surface area contributed by atoms with Gasteiger partial charge in [0.15, 0.2) is 0 Å². The van der Waals surface area contributed by atoms with E-state index in [0.29, 0.717) is 5.92 Å². The molecule has 2 atom stereocenters. The van der Waals surface area contributed by atoms with Gasteiger partial charge in [-0.2, -0.15) is 0 Å². The summed E-state index contributed by atoms with van der Waals surface area (Å²) < 4.78 is 0. The summed E-state index contributed by atoms with van der Waals surface area (Å²) in [7, 11) is 0. The molecule has 0 bridgehead atoms. The zero-order chi connectivity index (χ0) is 13.0. The number of carbonyl (C=O) groups excluding carboxylic acids is 1. The average Bonchev–Trinajstić information content (AvgIpc) is 3.10. The van der Waals surface area contributed by atoms with Gasteiger partial charge in [-0.1, -0.05) is 26.0 Å². The van der Waals surface area contributed by atoms with E-state index in [1.807, 2.05) is 24.3 Å². The van der Waals surface area contributed by atoms with Crippen LogP contribution in [0.4, 0.5) is 5.69 Å². The molecule has 98 valence electrons. The minimum atomic E-state index is 0.0355. The topological polar surface area (TPSA) is 41.1 Å². The Morgan fingerprint density at radius 2 is 2.11 bits per heavy atom. The normalized spacial score (nSPS) is 21.4. The van der Waals surface area contributed by atoms with Gasteiger partial charge in [-0.25, -0.2) is 0 Å². The minimum absolute atomic E-state index is 0.0355. The summed E-state index contributed by atoms with van der Waals surface area (Å²) in [6.07, 6.45) is 2.30. The second-order valence-corrected chi connectivity index (χ2v) is 5.16. The van der Waals surface area contributed by atoms with E-state index in [1.165, 1.54) is 6.42 Å². The highest BCUT2D eigenvalue weighted by molar-refractivity contribution is 5.99. The van der Waals surface area contributed by atoms with Crippen molar-refractivity contribution in [1.82, 2.24) is 5.32 Å². The van der Waals surface area contributed by atoms with E-state index < -0.39 is 0 Å². The molecule has 0 aliphatic heterocycles. The Labute approximate surface area is 109 Å². The summed E-state index contributed by atoms with van der Waals surface area (Å²) in [5, 5.41) is 6.32. The highest BCUT2D eigenvalue weighted by Crippen LogP contribution is 2.36. The van der Waals surface area contributed by atoms with Crippen LogP contribution in [0.15, 0.2) is 24.3 Å². The van der Waals surface area contributed by atoms with Crippen LogP contribution in [0.25, 0.3) is 0 Å². The van der Waals surface area contributed by atoms with Crippen molar-refractivity contribution < 1.29 is 4.79 Å². The molecular weight excluding hydrogens is 224 g/mol. The number of carbonyl (C=O) groups is 1. The second-order valence-electron chi connectivity index (χ2n) is 5.16. The Hall–Kier alpha value is -1.51. The first-order chi connectivity index (χ1) is 8.72. The first-order valence-corrected chi connectivity index (χ1v) is 6.83. The van der Waals surface area contributed by atoms with Crippen LogP contribution in [0.2, 0.25) is 0 Å². The fourth-order valence-electron chi connectivity index (χ4n) is 2.10. The molecule has 2 N–H and O–H groups in total. The van der Waals surface area contributed by atoms with E-state index >= 15 is 0 Å². The van der Waals surface area contributed by atoms with E-state index in [-0.39, 0.29) is 5.91 Å². The molecule has 1 amide bonds. The van der Waals surface area contributed by atoms with Crippen molar-refractivity contribution in [1.29, 1.82) is 0 Å². The maximum Gasteiger partial charge on any atom is 0.253 e. The summed E-state index contributed by atoms with van der Waals surface area (Å²) in [5.74, 6) is 1.50. The van der Waals surface area contributed by atoms with Crippen LogP contribution in [0.1, 0.15) is 37.0 Å². The van der Waals surface area contributed by atoms with Gasteiger partial charge in [0.05, 0.1) is 5.56 Å². The van der Waals surface area contributed by atoms with E-state index in [2.05, 4.69) is 24.5 Å². The Balaban J connectivity index is 1.95. The van der Waals surface area contributed by atoms with E-state index in [1.54, 1.807) is 0 Å². The smallest absolute Gasteiger partial charge is 0.253 e. The van der Waals surface area contributed by atoms with Gasteiger partial charge in [0.1, 0.15) is 0 Å². The number of hydrogen-bond acceptors (Lipinski definition) is 2. The summed E-state index contributed by atoms with van der Waals surface area (Å²) in [4.78, 5) is 12.1. The zero-order valence-corrected chi connectivity index (χ0v) is 11.2. The molecule has 1 aromatic carbocycles.